The molecule has 1 N–H and O–H groups in total. The minimum atomic E-state index is -0.291. The van der Waals surface area contributed by atoms with E-state index in [-0.39, 0.29) is 5.91 Å². The molecule has 3 rings (SSSR count). The first-order valence-electron chi connectivity index (χ1n) is 7.48. The SMILES string of the molecule is Cc1ccc(-c2csc(NC(=O)/C=C/c3c(Cl)cccc3Cl)n2)cc1. The molecule has 0 atom stereocenters. The molecular weight excluding hydrogens is 375 g/mol. The highest BCUT2D eigenvalue weighted by atomic mass is 35.5. The maximum absolute atomic E-state index is 12.1. The molecule has 2 aromatic carbocycles. The molecule has 0 unspecified atom stereocenters. The summed E-state index contributed by atoms with van der Waals surface area (Å²) in [6.45, 7) is 2.04. The maximum atomic E-state index is 12.1. The Balaban J connectivity index is 1.69. The number of aryl methyl sites for hydroxylation is 1. The van der Waals surface area contributed by atoms with E-state index in [1.807, 2.05) is 36.6 Å². The molecule has 1 heterocycles. The third kappa shape index (κ3) is 4.48. The molecule has 1 aromatic heterocycles. The van der Waals surface area contributed by atoms with Gasteiger partial charge in [-0.05, 0) is 25.1 Å². The van der Waals surface area contributed by atoms with Crippen molar-refractivity contribution < 1.29 is 4.79 Å². The smallest absolute Gasteiger partial charge is 0.250 e. The minimum absolute atomic E-state index is 0.291. The molecule has 0 aliphatic heterocycles. The van der Waals surface area contributed by atoms with E-state index in [4.69, 9.17) is 23.2 Å². The Morgan fingerprint density at radius 2 is 1.80 bits per heavy atom. The number of hydrogen-bond acceptors (Lipinski definition) is 3. The predicted molar refractivity (Wildman–Crippen MR) is 106 cm³/mol. The first-order valence-corrected chi connectivity index (χ1v) is 9.12. The normalized spacial score (nSPS) is 11.0. The monoisotopic (exact) mass is 388 g/mol. The van der Waals surface area contributed by atoms with E-state index >= 15 is 0 Å². The van der Waals surface area contributed by atoms with Crippen LogP contribution >= 0.6 is 34.5 Å². The Morgan fingerprint density at radius 1 is 1.12 bits per heavy atom. The summed E-state index contributed by atoms with van der Waals surface area (Å²) in [5.41, 5.74) is 3.65. The summed E-state index contributed by atoms with van der Waals surface area (Å²) in [6, 6.07) is 13.3. The van der Waals surface area contributed by atoms with E-state index in [2.05, 4.69) is 10.3 Å². The molecular formula is C19H14Cl2N2OS. The fourth-order valence-electron chi connectivity index (χ4n) is 2.16. The van der Waals surface area contributed by atoms with E-state index < -0.39 is 0 Å². The number of anilines is 1. The molecule has 0 bridgehead atoms. The zero-order valence-electron chi connectivity index (χ0n) is 13.3. The van der Waals surface area contributed by atoms with Crippen LogP contribution in [0.15, 0.2) is 53.9 Å². The van der Waals surface area contributed by atoms with Gasteiger partial charge in [0.2, 0.25) is 5.91 Å². The minimum Gasteiger partial charge on any atom is -0.298 e. The van der Waals surface area contributed by atoms with Gasteiger partial charge in [-0.2, -0.15) is 0 Å². The van der Waals surface area contributed by atoms with Gasteiger partial charge >= 0.3 is 0 Å². The Morgan fingerprint density at radius 3 is 2.48 bits per heavy atom. The molecule has 0 fully saturated rings. The van der Waals surface area contributed by atoms with E-state index in [0.717, 1.165) is 11.3 Å². The van der Waals surface area contributed by atoms with Crippen LogP contribution in [0.4, 0.5) is 5.13 Å². The van der Waals surface area contributed by atoms with E-state index in [9.17, 15) is 4.79 Å². The van der Waals surface area contributed by atoms with Crippen LogP contribution < -0.4 is 5.32 Å². The average Bonchev–Trinajstić information content (AvgIpc) is 3.03. The number of halogens is 2. The van der Waals surface area contributed by atoms with Crippen LogP contribution in [-0.4, -0.2) is 10.9 Å². The maximum Gasteiger partial charge on any atom is 0.250 e. The van der Waals surface area contributed by atoms with Gasteiger partial charge in [0, 0.05) is 32.6 Å². The largest absolute Gasteiger partial charge is 0.298 e. The van der Waals surface area contributed by atoms with Crippen LogP contribution in [0.2, 0.25) is 10.0 Å². The molecule has 0 radical (unpaired) electrons. The lowest BCUT2D eigenvalue weighted by molar-refractivity contribution is -0.111. The molecule has 126 valence electrons. The molecule has 0 saturated heterocycles. The number of carbonyl (C=O) groups excluding carboxylic acids is 1. The van der Waals surface area contributed by atoms with Crippen molar-refractivity contribution in [3.63, 3.8) is 0 Å². The molecule has 6 heteroatoms. The molecule has 1 amide bonds. The van der Waals surface area contributed by atoms with Gasteiger partial charge in [0.15, 0.2) is 5.13 Å². The summed E-state index contributed by atoms with van der Waals surface area (Å²) in [5.74, 6) is -0.291. The number of rotatable bonds is 4. The van der Waals surface area contributed by atoms with Crippen molar-refractivity contribution in [1.82, 2.24) is 4.98 Å². The van der Waals surface area contributed by atoms with Crippen molar-refractivity contribution in [2.24, 2.45) is 0 Å². The fourth-order valence-corrected chi connectivity index (χ4v) is 3.41. The average molecular weight is 389 g/mol. The number of amides is 1. The summed E-state index contributed by atoms with van der Waals surface area (Å²) in [6.07, 6.45) is 2.98. The number of benzene rings is 2. The highest BCUT2D eigenvalue weighted by molar-refractivity contribution is 7.14. The van der Waals surface area contributed by atoms with E-state index in [1.165, 1.54) is 23.0 Å². The molecule has 0 aliphatic carbocycles. The predicted octanol–water partition coefficient (Wildman–Crippen LogP) is 6.08. The van der Waals surface area contributed by atoms with Crippen LogP contribution in [0.5, 0.6) is 0 Å². The van der Waals surface area contributed by atoms with Gasteiger partial charge in [0.05, 0.1) is 5.69 Å². The van der Waals surface area contributed by atoms with Gasteiger partial charge in [-0.15, -0.1) is 11.3 Å². The van der Waals surface area contributed by atoms with Gasteiger partial charge in [0.1, 0.15) is 0 Å². The Hall–Kier alpha value is -2.14. The number of thiazole rings is 1. The Kier molecular flexibility index (Phi) is 5.53. The third-order valence-electron chi connectivity index (χ3n) is 3.48. The van der Waals surface area contributed by atoms with Crippen molar-refractivity contribution in [3.8, 4) is 11.3 Å². The van der Waals surface area contributed by atoms with Crippen molar-refractivity contribution in [3.05, 3.63) is 75.1 Å². The van der Waals surface area contributed by atoms with Crippen molar-refractivity contribution >= 4 is 51.7 Å². The molecule has 0 aliphatic rings. The van der Waals surface area contributed by atoms with Crippen LogP contribution in [0.1, 0.15) is 11.1 Å². The first-order chi connectivity index (χ1) is 12.0. The van der Waals surface area contributed by atoms with Crippen LogP contribution in [0, 0.1) is 6.92 Å². The van der Waals surface area contributed by atoms with Gasteiger partial charge < -0.3 is 0 Å². The summed E-state index contributed by atoms with van der Waals surface area (Å²) in [4.78, 5) is 16.5. The van der Waals surface area contributed by atoms with Gasteiger partial charge in [0.25, 0.3) is 0 Å². The summed E-state index contributed by atoms with van der Waals surface area (Å²) in [5, 5.41) is 6.18. The molecule has 3 nitrogen and oxygen atoms in total. The van der Waals surface area contributed by atoms with Gasteiger partial charge in [-0.25, -0.2) is 4.98 Å². The second-order valence-electron chi connectivity index (χ2n) is 5.36. The van der Waals surface area contributed by atoms with Crippen molar-refractivity contribution in [2.75, 3.05) is 5.32 Å². The highest BCUT2D eigenvalue weighted by Crippen LogP contribution is 2.26. The van der Waals surface area contributed by atoms with Gasteiger partial charge in [-0.3, -0.25) is 10.1 Å². The second-order valence-corrected chi connectivity index (χ2v) is 7.03. The van der Waals surface area contributed by atoms with Crippen LogP contribution in [0.3, 0.4) is 0 Å². The van der Waals surface area contributed by atoms with E-state index in [0.29, 0.717) is 20.7 Å². The zero-order chi connectivity index (χ0) is 17.8. The summed E-state index contributed by atoms with van der Waals surface area (Å²) >= 11 is 13.5. The number of nitrogens with zero attached hydrogens (tertiary/aromatic N) is 1. The molecule has 3 aromatic rings. The number of carbonyl (C=O) groups is 1. The van der Waals surface area contributed by atoms with Crippen LogP contribution in [0.25, 0.3) is 17.3 Å². The molecule has 0 spiro atoms. The molecule has 25 heavy (non-hydrogen) atoms. The number of nitrogens with one attached hydrogen (secondary N) is 1. The number of hydrogen-bond donors (Lipinski definition) is 1. The molecule has 0 saturated carbocycles. The standard InChI is InChI=1S/C19H14Cl2N2OS/c1-12-5-7-13(8-6-12)17-11-25-19(22-17)23-18(24)10-9-14-15(20)3-2-4-16(14)21/h2-11H,1H3,(H,22,23,24)/b10-9+. The lowest BCUT2D eigenvalue weighted by atomic mass is 10.1. The number of aromatic nitrogens is 1. The second kappa shape index (κ2) is 7.83. The third-order valence-corrected chi connectivity index (χ3v) is 4.90. The zero-order valence-corrected chi connectivity index (χ0v) is 15.6. The lowest BCUT2D eigenvalue weighted by Crippen LogP contribution is -2.07. The highest BCUT2D eigenvalue weighted by Gasteiger charge is 2.07. The van der Waals surface area contributed by atoms with E-state index in [1.54, 1.807) is 24.3 Å². The Bertz CT molecular complexity index is 913. The first kappa shape index (κ1) is 17.7. The fraction of sp³-hybridized carbons (Fsp3) is 0.0526. The summed E-state index contributed by atoms with van der Waals surface area (Å²) in [7, 11) is 0. The van der Waals surface area contributed by atoms with Crippen molar-refractivity contribution in [2.45, 2.75) is 6.92 Å². The summed E-state index contributed by atoms with van der Waals surface area (Å²) < 4.78 is 0. The topological polar surface area (TPSA) is 42.0 Å². The van der Waals surface area contributed by atoms with Crippen LogP contribution in [-0.2, 0) is 4.79 Å². The van der Waals surface area contributed by atoms with Gasteiger partial charge in [-0.1, -0.05) is 59.1 Å². The Labute approximate surface area is 159 Å². The lowest BCUT2D eigenvalue weighted by Gasteiger charge is -2.01. The quantitative estimate of drug-likeness (QED) is 0.550. The van der Waals surface area contributed by atoms with Crippen molar-refractivity contribution in [1.29, 1.82) is 0 Å².